The summed E-state index contributed by atoms with van der Waals surface area (Å²) in [5, 5.41) is 27.8. The number of halogens is 1. The maximum Gasteiger partial charge on any atom is 0.293 e. The molecule has 2 N–H and O–H groups in total. The van der Waals surface area contributed by atoms with Gasteiger partial charge in [0.2, 0.25) is 0 Å². The average molecular weight is 590 g/mol. The van der Waals surface area contributed by atoms with Crippen molar-refractivity contribution in [3.8, 4) is 22.5 Å². The molecule has 1 aliphatic rings. The number of tetrazole rings is 1. The van der Waals surface area contributed by atoms with Crippen molar-refractivity contribution in [1.82, 2.24) is 55.2 Å². The Morgan fingerprint density at radius 3 is 2.60 bits per heavy atom. The van der Waals surface area contributed by atoms with E-state index in [4.69, 9.17) is 4.98 Å². The van der Waals surface area contributed by atoms with Gasteiger partial charge in [-0.25, -0.2) is 9.50 Å². The molecule has 0 spiro atoms. The van der Waals surface area contributed by atoms with Crippen LogP contribution in [0.3, 0.4) is 0 Å². The van der Waals surface area contributed by atoms with Gasteiger partial charge in [-0.2, -0.15) is 15.0 Å². The first-order valence-corrected chi connectivity index (χ1v) is 14.0. The van der Waals surface area contributed by atoms with Crippen LogP contribution >= 0.6 is 12.4 Å². The lowest BCUT2D eigenvalue weighted by Crippen LogP contribution is -2.29. The van der Waals surface area contributed by atoms with Gasteiger partial charge in [0.25, 0.3) is 11.7 Å². The van der Waals surface area contributed by atoms with Gasteiger partial charge in [-0.15, -0.1) is 22.6 Å². The average Bonchev–Trinajstić information content (AvgIpc) is 3.73. The van der Waals surface area contributed by atoms with Crippen LogP contribution in [-0.2, 0) is 5.54 Å². The number of hydrogen-bond donors (Lipinski definition) is 2. The molecule has 0 bridgehead atoms. The lowest BCUT2D eigenvalue weighted by Gasteiger charge is -2.22. The molecule has 5 aromatic rings. The van der Waals surface area contributed by atoms with Crippen molar-refractivity contribution in [3.05, 3.63) is 66.0 Å². The van der Waals surface area contributed by atoms with Gasteiger partial charge in [0.05, 0.1) is 53.1 Å². The summed E-state index contributed by atoms with van der Waals surface area (Å²) in [4.78, 5) is 19.4. The molecule has 0 aliphatic carbocycles. The summed E-state index contributed by atoms with van der Waals surface area (Å²) in [6.45, 7) is 11.9. The van der Waals surface area contributed by atoms with E-state index in [0.717, 1.165) is 65.1 Å². The van der Waals surface area contributed by atoms with Gasteiger partial charge in [-0.3, -0.25) is 9.48 Å². The summed E-state index contributed by atoms with van der Waals surface area (Å²) in [5.41, 5.74) is 6.17. The topological polar surface area (TPSA) is 133 Å². The van der Waals surface area contributed by atoms with Crippen LogP contribution in [0.25, 0.3) is 28.0 Å². The van der Waals surface area contributed by atoms with Gasteiger partial charge < -0.3 is 10.6 Å². The Morgan fingerprint density at radius 2 is 1.88 bits per heavy atom. The highest BCUT2D eigenvalue weighted by atomic mass is 35.5. The molecule has 1 fully saturated rings. The third kappa shape index (κ3) is 5.77. The Morgan fingerprint density at radius 1 is 1.10 bits per heavy atom. The number of carbonyl (C=O) groups excluding carboxylic acids is 1. The lowest BCUT2D eigenvalue weighted by molar-refractivity contribution is 0.0928. The zero-order valence-corrected chi connectivity index (χ0v) is 25.3. The highest BCUT2D eigenvalue weighted by molar-refractivity contribution is 5.90. The van der Waals surface area contributed by atoms with Crippen LogP contribution < -0.4 is 10.6 Å². The zero-order valence-electron chi connectivity index (χ0n) is 24.4. The Labute approximate surface area is 250 Å². The first kappa shape index (κ1) is 29.3. The van der Waals surface area contributed by atoms with Crippen molar-refractivity contribution in [2.45, 2.75) is 65.1 Å². The molecular formula is C29H36ClN11O. The molecule has 1 saturated heterocycles. The van der Waals surface area contributed by atoms with Crippen LogP contribution in [0, 0.1) is 6.92 Å². The van der Waals surface area contributed by atoms with Gasteiger partial charge in [0.1, 0.15) is 0 Å². The van der Waals surface area contributed by atoms with Crippen molar-refractivity contribution in [3.63, 3.8) is 0 Å². The van der Waals surface area contributed by atoms with E-state index in [-0.39, 0.29) is 35.7 Å². The molecule has 0 unspecified atom stereocenters. The number of amides is 1. The van der Waals surface area contributed by atoms with E-state index in [1.807, 2.05) is 69.7 Å². The molecule has 1 aliphatic heterocycles. The van der Waals surface area contributed by atoms with Crippen molar-refractivity contribution in [1.29, 1.82) is 0 Å². The quantitative estimate of drug-likeness (QED) is 0.302. The number of aromatic nitrogens is 9. The van der Waals surface area contributed by atoms with Crippen LogP contribution in [0.1, 0.15) is 74.4 Å². The molecule has 4 aromatic heterocycles. The summed E-state index contributed by atoms with van der Waals surface area (Å²) in [6.07, 6.45) is 9.84. The molecule has 220 valence electrons. The second kappa shape index (κ2) is 11.6. The molecule has 1 aromatic carbocycles. The van der Waals surface area contributed by atoms with Crippen molar-refractivity contribution in [2.24, 2.45) is 0 Å². The van der Waals surface area contributed by atoms with Crippen LogP contribution in [0.15, 0.2) is 49.1 Å². The van der Waals surface area contributed by atoms with E-state index in [9.17, 15) is 4.79 Å². The van der Waals surface area contributed by atoms with Crippen LogP contribution in [-0.4, -0.2) is 63.6 Å². The minimum absolute atomic E-state index is 0. The summed E-state index contributed by atoms with van der Waals surface area (Å²) < 4.78 is 3.93. The number of hydrogen-bond acceptors (Lipinski definition) is 8. The summed E-state index contributed by atoms with van der Waals surface area (Å²) in [7, 11) is 0. The number of nitrogens with zero attached hydrogens (tertiary/aromatic N) is 9. The largest absolute Gasteiger partial charge is 0.343 e. The summed E-state index contributed by atoms with van der Waals surface area (Å²) >= 11 is 0. The van der Waals surface area contributed by atoms with E-state index in [2.05, 4.69) is 53.2 Å². The van der Waals surface area contributed by atoms with E-state index in [1.54, 1.807) is 6.20 Å². The minimum atomic E-state index is -0.364. The summed E-state index contributed by atoms with van der Waals surface area (Å²) in [6, 6.07) is 8.28. The van der Waals surface area contributed by atoms with E-state index in [1.165, 1.54) is 4.80 Å². The third-order valence-electron chi connectivity index (χ3n) is 7.54. The van der Waals surface area contributed by atoms with Gasteiger partial charge in [-0.05, 0) is 89.0 Å². The molecule has 5 heterocycles. The summed E-state index contributed by atoms with van der Waals surface area (Å²) in [5.74, 6) is -0.314. The van der Waals surface area contributed by atoms with Gasteiger partial charge in [-0.1, -0.05) is 12.1 Å². The Balaban J connectivity index is 0.00000353. The molecule has 0 radical (unpaired) electrons. The highest BCUT2D eigenvalue weighted by Crippen LogP contribution is 2.30. The fourth-order valence-electron chi connectivity index (χ4n) is 5.26. The smallest absolute Gasteiger partial charge is 0.293 e. The first-order chi connectivity index (χ1) is 19.7. The maximum absolute atomic E-state index is 12.8. The second-order valence-electron chi connectivity index (χ2n) is 11.7. The van der Waals surface area contributed by atoms with E-state index < -0.39 is 0 Å². The number of rotatable bonds is 6. The van der Waals surface area contributed by atoms with E-state index >= 15 is 0 Å². The molecule has 1 atom stereocenters. The number of aryl methyl sites for hydroxylation is 1. The number of nitrogens with one attached hydrogen (secondary N) is 2. The number of piperidine rings is 1. The Bertz CT molecular complexity index is 1710. The molecule has 12 nitrogen and oxygen atoms in total. The number of fused-ring (bicyclic) bond motifs is 1. The Hall–Kier alpha value is -4.16. The van der Waals surface area contributed by atoms with Crippen molar-refractivity contribution in [2.75, 3.05) is 13.1 Å². The van der Waals surface area contributed by atoms with Crippen LogP contribution in [0.4, 0.5) is 0 Å². The van der Waals surface area contributed by atoms with Gasteiger partial charge in [0.15, 0.2) is 0 Å². The monoisotopic (exact) mass is 589 g/mol. The van der Waals surface area contributed by atoms with E-state index in [0.29, 0.717) is 6.04 Å². The van der Waals surface area contributed by atoms with Crippen LogP contribution in [0.2, 0.25) is 0 Å². The molecular weight excluding hydrogens is 554 g/mol. The fraction of sp³-hybridized carbons (Fsp3) is 0.414. The standard InChI is InChI=1S/C29H35N11O.ClH/c1-18-14-20(6-7-23(18)19(2)33-28(41)27-35-37-40(36-27)29(3,4)5)26-25-10-13-31-39(25)17-24(34-26)21-15-32-38(16-21)22-8-11-30-12-9-22;/h6-7,10,13-17,19,22,30H,8-9,11-12H2,1-5H3,(H,33,41);1H/t19-;/m1./s1. The third-order valence-corrected chi connectivity index (χ3v) is 7.54. The second-order valence-corrected chi connectivity index (χ2v) is 11.7. The molecule has 1 amide bonds. The molecule has 13 heteroatoms. The molecule has 0 saturated carbocycles. The van der Waals surface area contributed by atoms with Gasteiger partial charge >= 0.3 is 0 Å². The van der Waals surface area contributed by atoms with Crippen LogP contribution in [0.5, 0.6) is 0 Å². The maximum atomic E-state index is 12.8. The zero-order chi connectivity index (χ0) is 28.7. The minimum Gasteiger partial charge on any atom is -0.343 e. The predicted molar refractivity (Wildman–Crippen MR) is 161 cm³/mol. The fourth-order valence-corrected chi connectivity index (χ4v) is 5.26. The Kier molecular flexibility index (Phi) is 8.11. The van der Waals surface area contributed by atoms with Crippen molar-refractivity contribution >= 4 is 23.8 Å². The lowest BCUT2D eigenvalue weighted by atomic mass is 9.98. The van der Waals surface area contributed by atoms with Gasteiger partial charge in [0, 0.05) is 17.3 Å². The normalized spacial score (nSPS) is 15.0. The molecule has 42 heavy (non-hydrogen) atoms. The first-order valence-electron chi connectivity index (χ1n) is 14.0. The highest BCUT2D eigenvalue weighted by Gasteiger charge is 2.23. The number of benzene rings is 1. The number of carbonyl (C=O) groups is 1. The molecule has 6 rings (SSSR count). The predicted octanol–water partition coefficient (Wildman–Crippen LogP) is 4.15. The SMILES string of the molecule is Cc1cc(-c2nc(-c3cnn(C4CCNCC4)c3)cn3nccc23)ccc1[C@@H](C)NC(=O)c1nnn(C(C)(C)C)n1.Cl. The van der Waals surface area contributed by atoms with Crippen molar-refractivity contribution < 1.29 is 4.79 Å².